The van der Waals surface area contributed by atoms with Crippen molar-refractivity contribution in [2.75, 3.05) is 18.1 Å². The monoisotopic (exact) mass is 437 g/mol. The highest BCUT2D eigenvalue weighted by Crippen LogP contribution is 2.36. The second-order valence-corrected chi connectivity index (χ2v) is 8.63. The van der Waals surface area contributed by atoms with Crippen LogP contribution < -0.4 is 5.32 Å². The molecule has 4 nitrogen and oxygen atoms in total. The number of anilines is 1. The molecule has 1 heterocycles. The molecule has 1 unspecified atom stereocenters. The lowest BCUT2D eigenvalue weighted by Crippen LogP contribution is -2.39. The van der Waals surface area contributed by atoms with Crippen LogP contribution in [0.1, 0.15) is 12.5 Å². The number of carbonyl (C=O) groups is 1. The van der Waals surface area contributed by atoms with Crippen molar-refractivity contribution in [2.45, 2.75) is 6.92 Å². The van der Waals surface area contributed by atoms with E-state index in [4.69, 9.17) is 35.4 Å². The van der Waals surface area contributed by atoms with Crippen molar-refractivity contribution in [2.24, 2.45) is 10.5 Å². The van der Waals surface area contributed by atoms with Gasteiger partial charge in [-0.25, -0.2) is 9.80 Å². The first-order valence-corrected chi connectivity index (χ1v) is 10.5. The minimum absolute atomic E-state index is 0.323. The molecule has 8 heteroatoms. The molecule has 2 aromatic carbocycles. The molecule has 2 aromatic rings. The number of thiocarbonyl (C=S) groups is 1. The number of nitrogens with one attached hydrogen (secondary N) is 1. The van der Waals surface area contributed by atoms with E-state index in [0.29, 0.717) is 22.3 Å². The molecule has 0 saturated carbocycles. The molecule has 1 aliphatic rings. The summed E-state index contributed by atoms with van der Waals surface area (Å²) in [5.41, 5.74) is 1.75. The minimum atomic E-state index is -0.542. The molecule has 140 valence electrons. The van der Waals surface area contributed by atoms with Crippen LogP contribution in [0.2, 0.25) is 10.0 Å². The Hall–Kier alpha value is -1.60. The quantitative estimate of drug-likeness (QED) is 0.603. The smallest absolute Gasteiger partial charge is 0.306 e. The van der Waals surface area contributed by atoms with Crippen LogP contribution in [0.15, 0.2) is 53.6 Å². The molecule has 3 rings (SSSR count). The van der Waals surface area contributed by atoms with E-state index in [9.17, 15) is 4.79 Å². The Bertz CT molecular complexity index is 900. The number of hydrogen-bond donors (Lipinski definition) is 1. The number of amides is 2. The molecule has 2 amide bonds. The molecule has 0 aliphatic carbocycles. The average Bonchev–Trinajstić information content (AvgIpc) is 3.02. The van der Waals surface area contributed by atoms with Gasteiger partial charge in [-0.15, -0.1) is 11.8 Å². The van der Waals surface area contributed by atoms with Crippen molar-refractivity contribution < 1.29 is 4.79 Å². The van der Waals surface area contributed by atoms with E-state index in [2.05, 4.69) is 10.4 Å². The molecule has 27 heavy (non-hydrogen) atoms. The molecule has 1 aliphatic heterocycles. The Balaban J connectivity index is 1.90. The summed E-state index contributed by atoms with van der Waals surface area (Å²) in [7, 11) is 0. The average molecular weight is 438 g/mol. The highest BCUT2D eigenvalue weighted by atomic mass is 35.5. The number of hydrazone groups is 1. The highest BCUT2D eigenvalue weighted by molar-refractivity contribution is 8.22. The van der Waals surface area contributed by atoms with E-state index >= 15 is 0 Å². The van der Waals surface area contributed by atoms with Gasteiger partial charge in [-0.05, 0) is 55.1 Å². The van der Waals surface area contributed by atoms with Crippen molar-refractivity contribution >= 4 is 68.8 Å². The van der Waals surface area contributed by atoms with Crippen molar-refractivity contribution in [1.82, 2.24) is 5.01 Å². The molecular weight excluding hydrogens is 421 g/mol. The van der Waals surface area contributed by atoms with E-state index in [0.717, 1.165) is 15.5 Å². The van der Waals surface area contributed by atoms with Crippen molar-refractivity contribution in [3.05, 3.63) is 64.1 Å². The third kappa shape index (κ3) is 4.29. The van der Waals surface area contributed by atoms with Crippen LogP contribution in [0.25, 0.3) is 0 Å². The first-order chi connectivity index (χ1) is 12.8. The largest absolute Gasteiger partial charge is 0.342 e. The Morgan fingerprint density at radius 2 is 1.70 bits per heavy atom. The Morgan fingerprint density at radius 1 is 1.15 bits per heavy atom. The van der Waals surface area contributed by atoms with Gasteiger partial charge in [0.2, 0.25) is 0 Å². The maximum Gasteiger partial charge on any atom is 0.342 e. The van der Waals surface area contributed by atoms with Crippen LogP contribution in [-0.2, 0) is 0 Å². The first kappa shape index (κ1) is 20.1. The van der Waals surface area contributed by atoms with E-state index in [1.807, 2.05) is 25.3 Å². The predicted molar refractivity (Wildman–Crippen MR) is 119 cm³/mol. The van der Waals surface area contributed by atoms with E-state index in [1.54, 1.807) is 36.4 Å². The predicted octanol–water partition coefficient (Wildman–Crippen LogP) is 5.94. The van der Waals surface area contributed by atoms with Gasteiger partial charge in [0, 0.05) is 15.7 Å². The normalized spacial score (nSPS) is 19.0. The molecular formula is C19H17Cl2N3OS2. The van der Waals surface area contributed by atoms with Crippen LogP contribution >= 0.6 is 47.2 Å². The zero-order chi connectivity index (χ0) is 19.6. The summed E-state index contributed by atoms with van der Waals surface area (Å²) in [6.45, 7) is 2.37. The standard InChI is InChI=1S/C19H17Cl2N3OS2/c1-19(17(26)27-2)11-24(18(25)22-15-9-7-14(21)8-10-15)23-16(19)12-3-5-13(20)6-4-12/h3-10H,11H2,1-2H3,(H,22,25). The molecule has 0 radical (unpaired) electrons. The number of hydrogen-bond acceptors (Lipinski definition) is 4. The minimum Gasteiger partial charge on any atom is -0.306 e. The maximum absolute atomic E-state index is 12.7. The molecule has 1 atom stereocenters. The molecule has 0 fully saturated rings. The fourth-order valence-corrected chi connectivity index (χ4v) is 3.87. The second kappa shape index (κ2) is 8.19. The van der Waals surface area contributed by atoms with Crippen molar-refractivity contribution in [3.63, 3.8) is 0 Å². The number of thioether (sulfide) groups is 1. The van der Waals surface area contributed by atoms with Gasteiger partial charge in [0.15, 0.2) is 0 Å². The van der Waals surface area contributed by atoms with Gasteiger partial charge in [-0.3, -0.25) is 0 Å². The summed E-state index contributed by atoms with van der Waals surface area (Å²) < 4.78 is 0.776. The van der Waals surface area contributed by atoms with Gasteiger partial charge in [0.1, 0.15) is 0 Å². The summed E-state index contributed by atoms with van der Waals surface area (Å²) in [4.78, 5) is 12.7. The van der Waals surface area contributed by atoms with Crippen LogP contribution in [0.4, 0.5) is 10.5 Å². The van der Waals surface area contributed by atoms with Crippen LogP contribution in [0.3, 0.4) is 0 Å². The summed E-state index contributed by atoms with van der Waals surface area (Å²) in [5, 5.41) is 10.1. The zero-order valence-corrected chi connectivity index (χ0v) is 17.8. The Labute approximate surface area is 177 Å². The van der Waals surface area contributed by atoms with E-state index < -0.39 is 5.41 Å². The van der Waals surface area contributed by atoms with Gasteiger partial charge in [-0.1, -0.05) is 47.6 Å². The SMILES string of the molecule is CSC(=S)C1(C)CN(C(=O)Nc2ccc(Cl)cc2)N=C1c1ccc(Cl)cc1. The summed E-state index contributed by atoms with van der Waals surface area (Å²) in [6, 6.07) is 14.0. The fraction of sp³-hybridized carbons (Fsp3) is 0.211. The molecule has 0 spiro atoms. The lowest BCUT2D eigenvalue weighted by molar-refractivity contribution is 0.214. The van der Waals surface area contributed by atoms with Crippen molar-refractivity contribution in [1.29, 1.82) is 0 Å². The molecule has 0 bridgehead atoms. The number of rotatable bonds is 3. The van der Waals surface area contributed by atoms with Crippen LogP contribution in [-0.4, -0.2) is 33.7 Å². The Kier molecular flexibility index (Phi) is 6.11. The highest BCUT2D eigenvalue weighted by Gasteiger charge is 2.44. The fourth-order valence-electron chi connectivity index (χ4n) is 2.85. The third-order valence-electron chi connectivity index (χ3n) is 4.29. The molecule has 0 aromatic heterocycles. The summed E-state index contributed by atoms with van der Waals surface area (Å²) in [5.74, 6) is 0. The lowest BCUT2D eigenvalue weighted by Gasteiger charge is -2.26. The number of carbonyl (C=O) groups excluding carboxylic acids is 1. The van der Waals surface area contributed by atoms with Crippen LogP contribution in [0.5, 0.6) is 0 Å². The zero-order valence-electron chi connectivity index (χ0n) is 14.7. The Morgan fingerprint density at radius 3 is 2.26 bits per heavy atom. The third-order valence-corrected chi connectivity index (χ3v) is 6.57. The van der Waals surface area contributed by atoms with Gasteiger partial charge in [0.25, 0.3) is 0 Å². The number of halogens is 2. The molecule has 1 N–H and O–H groups in total. The van der Waals surface area contributed by atoms with Gasteiger partial charge in [0.05, 0.1) is 21.9 Å². The van der Waals surface area contributed by atoms with Gasteiger partial charge in [-0.2, -0.15) is 5.10 Å². The molecule has 0 saturated heterocycles. The number of nitrogens with zero attached hydrogens (tertiary/aromatic N) is 2. The van der Waals surface area contributed by atoms with Crippen LogP contribution in [0, 0.1) is 5.41 Å². The van der Waals surface area contributed by atoms with Crippen molar-refractivity contribution in [3.8, 4) is 0 Å². The van der Waals surface area contributed by atoms with Gasteiger partial charge < -0.3 is 5.32 Å². The lowest BCUT2D eigenvalue weighted by atomic mass is 9.84. The summed E-state index contributed by atoms with van der Waals surface area (Å²) >= 11 is 19.0. The van der Waals surface area contributed by atoms with E-state index in [-0.39, 0.29) is 6.03 Å². The van der Waals surface area contributed by atoms with E-state index in [1.165, 1.54) is 16.8 Å². The number of urea groups is 1. The maximum atomic E-state index is 12.7. The van der Waals surface area contributed by atoms with Gasteiger partial charge >= 0.3 is 6.03 Å². The second-order valence-electron chi connectivity index (χ2n) is 6.27. The topological polar surface area (TPSA) is 44.7 Å². The number of benzene rings is 2. The summed E-state index contributed by atoms with van der Waals surface area (Å²) in [6.07, 6.45) is 1.93. The first-order valence-electron chi connectivity index (χ1n) is 8.11.